The van der Waals surface area contributed by atoms with Crippen molar-refractivity contribution in [2.75, 3.05) is 11.9 Å². The summed E-state index contributed by atoms with van der Waals surface area (Å²) in [5.41, 5.74) is 1.88. The summed E-state index contributed by atoms with van der Waals surface area (Å²) in [6.45, 7) is 11.5. The molecule has 1 N–H and O–H groups in total. The fourth-order valence-electron chi connectivity index (χ4n) is 2.74. The molecule has 2 atom stereocenters. The second-order valence-electron chi connectivity index (χ2n) is 6.99. The molecule has 2 nitrogen and oxygen atoms in total. The van der Waals surface area contributed by atoms with Gasteiger partial charge in [-0.3, -0.25) is 0 Å². The number of nitrogens with one attached hydrogen (secondary N) is 1. The van der Waals surface area contributed by atoms with E-state index in [4.69, 9.17) is 4.74 Å². The normalized spacial score (nSPS) is 24.6. The summed E-state index contributed by atoms with van der Waals surface area (Å²) in [4.78, 5) is 0. The van der Waals surface area contributed by atoms with Crippen LogP contribution in [0.5, 0.6) is 0 Å². The van der Waals surface area contributed by atoms with Crippen LogP contribution in [0.1, 0.15) is 39.7 Å². The molecule has 0 aromatic heterocycles. The van der Waals surface area contributed by atoms with Crippen LogP contribution < -0.4 is 5.32 Å². The molecule has 0 amide bonds. The van der Waals surface area contributed by atoms with Gasteiger partial charge in [-0.2, -0.15) is 0 Å². The third-order valence-electron chi connectivity index (χ3n) is 4.19. The SMILES string of the molecule is Cc1cc(F)cc(NC2CC(OCC(C)C)C2(C)C)c1. The van der Waals surface area contributed by atoms with E-state index in [1.807, 2.05) is 13.0 Å². The molecule has 1 aromatic carbocycles. The van der Waals surface area contributed by atoms with Gasteiger partial charge in [0, 0.05) is 23.8 Å². The maximum atomic E-state index is 13.4. The molecule has 0 aliphatic heterocycles. The molecule has 20 heavy (non-hydrogen) atoms. The highest BCUT2D eigenvalue weighted by Gasteiger charge is 2.49. The number of rotatable bonds is 5. The van der Waals surface area contributed by atoms with Crippen molar-refractivity contribution in [3.05, 3.63) is 29.6 Å². The summed E-state index contributed by atoms with van der Waals surface area (Å²) in [5.74, 6) is 0.376. The molecule has 112 valence electrons. The molecular formula is C17H26FNO. The first kappa shape index (κ1) is 15.3. The van der Waals surface area contributed by atoms with Crippen molar-refractivity contribution in [1.82, 2.24) is 0 Å². The number of halogens is 1. The van der Waals surface area contributed by atoms with Gasteiger partial charge in [0.1, 0.15) is 5.82 Å². The van der Waals surface area contributed by atoms with Crippen molar-refractivity contribution in [3.63, 3.8) is 0 Å². The fourth-order valence-corrected chi connectivity index (χ4v) is 2.74. The van der Waals surface area contributed by atoms with Crippen LogP contribution >= 0.6 is 0 Å². The Hall–Kier alpha value is -1.09. The third kappa shape index (κ3) is 3.32. The maximum Gasteiger partial charge on any atom is 0.125 e. The van der Waals surface area contributed by atoms with E-state index >= 15 is 0 Å². The van der Waals surface area contributed by atoms with Crippen LogP contribution in [0.4, 0.5) is 10.1 Å². The average molecular weight is 279 g/mol. The number of aryl methyl sites for hydroxylation is 1. The summed E-state index contributed by atoms with van der Waals surface area (Å²) >= 11 is 0. The lowest BCUT2D eigenvalue weighted by molar-refractivity contribution is -0.108. The number of benzene rings is 1. The van der Waals surface area contributed by atoms with E-state index in [9.17, 15) is 4.39 Å². The predicted octanol–water partition coefficient (Wildman–Crippen LogP) is 4.39. The molecule has 3 heteroatoms. The Morgan fingerprint density at radius 2 is 2.05 bits per heavy atom. The first-order chi connectivity index (χ1) is 9.29. The predicted molar refractivity (Wildman–Crippen MR) is 81.5 cm³/mol. The summed E-state index contributed by atoms with van der Waals surface area (Å²) in [6, 6.07) is 5.43. The molecule has 1 aromatic rings. The molecule has 1 aliphatic rings. The zero-order valence-corrected chi connectivity index (χ0v) is 13.2. The second-order valence-corrected chi connectivity index (χ2v) is 6.99. The minimum atomic E-state index is -0.183. The van der Waals surface area contributed by atoms with Gasteiger partial charge in [-0.15, -0.1) is 0 Å². The lowest BCUT2D eigenvalue weighted by Gasteiger charge is -2.52. The van der Waals surface area contributed by atoms with Gasteiger partial charge in [0.05, 0.1) is 6.10 Å². The molecule has 0 spiro atoms. The Balaban J connectivity index is 1.95. The Morgan fingerprint density at radius 3 is 2.60 bits per heavy atom. The summed E-state index contributed by atoms with van der Waals surface area (Å²) in [6.07, 6.45) is 1.27. The first-order valence-corrected chi connectivity index (χ1v) is 7.44. The quantitative estimate of drug-likeness (QED) is 0.863. The van der Waals surface area contributed by atoms with Crippen molar-refractivity contribution in [2.24, 2.45) is 11.3 Å². The Morgan fingerprint density at radius 1 is 1.35 bits per heavy atom. The van der Waals surface area contributed by atoms with Crippen LogP contribution in [0.25, 0.3) is 0 Å². The van der Waals surface area contributed by atoms with E-state index in [0.717, 1.165) is 24.3 Å². The van der Waals surface area contributed by atoms with E-state index in [0.29, 0.717) is 12.0 Å². The fraction of sp³-hybridized carbons (Fsp3) is 0.647. The van der Waals surface area contributed by atoms with Crippen molar-refractivity contribution in [3.8, 4) is 0 Å². The monoisotopic (exact) mass is 279 g/mol. The van der Waals surface area contributed by atoms with Gasteiger partial charge in [0.2, 0.25) is 0 Å². The van der Waals surface area contributed by atoms with Crippen molar-refractivity contribution < 1.29 is 9.13 Å². The summed E-state index contributed by atoms with van der Waals surface area (Å²) in [7, 11) is 0. The zero-order valence-electron chi connectivity index (χ0n) is 13.2. The molecule has 1 aliphatic carbocycles. The minimum absolute atomic E-state index is 0.0785. The Labute approximate surface area is 121 Å². The number of ether oxygens (including phenoxy) is 1. The van der Waals surface area contributed by atoms with Crippen LogP contribution in [-0.2, 0) is 4.74 Å². The van der Waals surface area contributed by atoms with Crippen molar-refractivity contribution in [1.29, 1.82) is 0 Å². The highest BCUT2D eigenvalue weighted by Crippen LogP contribution is 2.44. The zero-order chi connectivity index (χ0) is 14.9. The molecular weight excluding hydrogens is 253 g/mol. The Kier molecular flexibility index (Phi) is 4.38. The summed E-state index contributed by atoms with van der Waals surface area (Å²) in [5, 5.41) is 3.45. The highest BCUT2D eigenvalue weighted by atomic mass is 19.1. The van der Waals surface area contributed by atoms with Crippen LogP contribution in [0.2, 0.25) is 0 Å². The second kappa shape index (κ2) is 5.72. The van der Waals surface area contributed by atoms with Gasteiger partial charge < -0.3 is 10.1 Å². The molecule has 0 heterocycles. The van der Waals surface area contributed by atoms with Crippen LogP contribution in [0.3, 0.4) is 0 Å². The number of hydrogen-bond acceptors (Lipinski definition) is 2. The number of anilines is 1. The van der Waals surface area contributed by atoms with Gasteiger partial charge in [-0.05, 0) is 43.0 Å². The first-order valence-electron chi connectivity index (χ1n) is 7.44. The van der Waals surface area contributed by atoms with E-state index in [1.165, 1.54) is 0 Å². The topological polar surface area (TPSA) is 21.3 Å². The molecule has 2 unspecified atom stereocenters. The van der Waals surface area contributed by atoms with Gasteiger partial charge in [0.15, 0.2) is 0 Å². The van der Waals surface area contributed by atoms with Crippen LogP contribution in [-0.4, -0.2) is 18.8 Å². The van der Waals surface area contributed by atoms with Crippen LogP contribution in [0.15, 0.2) is 18.2 Å². The van der Waals surface area contributed by atoms with E-state index < -0.39 is 0 Å². The van der Waals surface area contributed by atoms with Crippen LogP contribution in [0, 0.1) is 24.1 Å². The van der Waals surface area contributed by atoms with E-state index in [-0.39, 0.29) is 17.3 Å². The van der Waals surface area contributed by atoms with Gasteiger partial charge in [0.25, 0.3) is 0 Å². The highest BCUT2D eigenvalue weighted by molar-refractivity contribution is 5.48. The molecule has 1 saturated carbocycles. The smallest absolute Gasteiger partial charge is 0.125 e. The van der Waals surface area contributed by atoms with E-state index in [1.54, 1.807) is 12.1 Å². The van der Waals surface area contributed by atoms with Gasteiger partial charge in [-0.1, -0.05) is 27.7 Å². The lowest BCUT2D eigenvalue weighted by Crippen LogP contribution is -2.58. The molecule has 2 rings (SSSR count). The molecule has 0 saturated heterocycles. The molecule has 0 radical (unpaired) electrons. The average Bonchev–Trinajstić information content (AvgIpc) is 2.31. The van der Waals surface area contributed by atoms with Crippen molar-refractivity contribution in [2.45, 2.75) is 53.2 Å². The molecule has 0 bridgehead atoms. The van der Waals surface area contributed by atoms with Gasteiger partial charge >= 0.3 is 0 Å². The maximum absolute atomic E-state index is 13.4. The molecule has 1 fully saturated rings. The largest absolute Gasteiger partial charge is 0.381 e. The minimum Gasteiger partial charge on any atom is -0.381 e. The lowest BCUT2D eigenvalue weighted by atomic mass is 9.64. The standard InChI is InChI=1S/C17H26FNO/c1-11(2)10-20-16-9-15(17(16,4)5)19-14-7-12(3)6-13(18)8-14/h6-8,11,15-16,19H,9-10H2,1-5H3. The third-order valence-corrected chi connectivity index (χ3v) is 4.19. The number of hydrogen-bond donors (Lipinski definition) is 1. The Bertz CT molecular complexity index is 450. The van der Waals surface area contributed by atoms with Gasteiger partial charge in [-0.25, -0.2) is 4.39 Å². The van der Waals surface area contributed by atoms with E-state index in [2.05, 4.69) is 33.0 Å². The van der Waals surface area contributed by atoms with Crippen molar-refractivity contribution >= 4 is 5.69 Å². The summed E-state index contributed by atoms with van der Waals surface area (Å²) < 4.78 is 19.4.